The first kappa shape index (κ1) is 32.1. The number of nitrogens with one attached hydrogen (secondary N) is 3. The average Bonchev–Trinajstić information content (AvgIpc) is 2.99. The molecule has 1 aromatic carbocycles. The zero-order valence-electron chi connectivity index (χ0n) is 25.3. The van der Waals surface area contributed by atoms with Crippen molar-refractivity contribution in [2.24, 2.45) is 5.92 Å². The Balaban J connectivity index is 1.63. The second-order valence-electron chi connectivity index (χ2n) is 10.8. The zero-order valence-corrected chi connectivity index (χ0v) is 25.3. The predicted molar refractivity (Wildman–Crippen MR) is 166 cm³/mol. The van der Waals surface area contributed by atoms with Gasteiger partial charge in [-0.3, -0.25) is 9.59 Å². The lowest BCUT2D eigenvalue weighted by Crippen LogP contribution is -2.49. The minimum absolute atomic E-state index is 0.00807. The maximum atomic E-state index is 12.9. The summed E-state index contributed by atoms with van der Waals surface area (Å²) in [6, 6.07) is 8.64. The first-order valence-electron chi connectivity index (χ1n) is 14.5. The summed E-state index contributed by atoms with van der Waals surface area (Å²) in [4.78, 5) is 37.9. The summed E-state index contributed by atoms with van der Waals surface area (Å²) < 4.78 is 0. The van der Waals surface area contributed by atoms with Gasteiger partial charge in [-0.2, -0.15) is 10.2 Å². The van der Waals surface area contributed by atoms with Crippen molar-refractivity contribution >= 4 is 29.3 Å². The fraction of sp³-hybridized carbons (Fsp3) is 0.469. The molecule has 2 aromatic rings. The SMILES string of the molecule is CCCNc1nc(Nc2ccc(C#N)cc2)ncc1C#C[C@H]1CCC[C@@H](NC(=O)[C@H](C)N(C)C(=O)C=CCN(C)C)C1. The van der Waals surface area contributed by atoms with Crippen LogP contribution in [0.3, 0.4) is 0 Å². The lowest BCUT2D eigenvalue weighted by atomic mass is 9.86. The summed E-state index contributed by atoms with van der Waals surface area (Å²) in [5, 5.41) is 18.7. The van der Waals surface area contributed by atoms with Crippen molar-refractivity contribution in [2.45, 2.75) is 58.0 Å². The minimum Gasteiger partial charge on any atom is -0.369 e. The van der Waals surface area contributed by atoms with Crippen molar-refractivity contribution < 1.29 is 9.59 Å². The van der Waals surface area contributed by atoms with Gasteiger partial charge in [0.25, 0.3) is 0 Å². The Labute approximate surface area is 249 Å². The molecule has 1 aliphatic rings. The summed E-state index contributed by atoms with van der Waals surface area (Å²) in [6.07, 6.45) is 9.52. The van der Waals surface area contributed by atoms with Gasteiger partial charge in [-0.25, -0.2) is 4.98 Å². The van der Waals surface area contributed by atoms with Gasteiger partial charge in [0, 0.05) is 43.9 Å². The Bertz CT molecular complexity index is 1340. The molecule has 1 aliphatic carbocycles. The van der Waals surface area contributed by atoms with E-state index in [2.05, 4.69) is 50.8 Å². The number of hydrogen-bond donors (Lipinski definition) is 3. The van der Waals surface area contributed by atoms with E-state index in [4.69, 9.17) is 5.26 Å². The number of hydrogen-bond acceptors (Lipinski definition) is 8. The lowest BCUT2D eigenvalue weighted by Gasteiger charge is -2.30. The van der Waals surface area contributed by atoms with Gasteiger partial charge in [0.2, 0.25) is 17.8 Å². The Morgan fingerprint density at radius 3 is 2.64 bits per heavy atom. The fourth-order valence-corrected chi connectivity index (χ4v) is 4.47. The Morgan fingerprint density at radius 2 is 1.95 bits per heavy atom. The second kappa shape index (κ2) is 16.1. The van der Waals surface area contributed by atoms with Gasteiger partial charge in [-0.15, -0.1) is 0 Å². The second-order valence-corrected chi connectivity index (χ2v) is 10.8. The minimum atomic E-state index is -0.575. The molecule has 0 spiro atoms. The van der Waals surface area contributed by atoms with E-state index in [0.29, 0.717) is 23.9 Å². The third kappa shape index (κ3) is 9.90. The summed E-state index contributed by atoms with van der Waals surface area (Å²) in [7, 11) is 5.51. The maximum Gasteiger partial charge on any atom is 0.246 e. The van der Waals surface area contributed by atoms with E-state index < -0.39 is 6.04 Å². The summed E-state index contributed by atoms with van der Waals surface area (Å²) in [5.41, 5.74) is 2.09. The normalized spacial score (nSPS) is 17.1. The molecule has 1 saturated carbocycles. The van der Waals surface area contributed by atoms with Crippen molar-refractivity contribution in [1.29, 1.82) is 5.26 Å². The molecule has 1 fully saturated rings. The van der Waals surface area contributed by atoms with Gasteiger partial charge in [0.15, 0.2) is 0 Å². The van der Waals surface area contributed by atoms with Gasteiger partial charge >= 0.3 is 0 Å². The van der Waals surface area contributed by atoms with Crippen molar-refractivity contribution in [2.75, 3.05) is 44.9 Å². The van der Waals surface area contributed by atoms with Gasteiger partial charge in [0.1, 0.15) is 11.9 Å². The highest BCUT2D eigenvalue weighted by Crippen LogP contribution is 2.25. The van der Waals surface area contributed by atoms with Crippen molar-refractivity contribution in [3.8, 4) is 17.9 Å². The molecule has 0 bridgehead atoms. The number of anilines is 3. The third-order valence-electron chi connectivity index (χ3n) is 7.07. The van der Waals surface area contributed by atoms with Crippen molar-refractivity contribution in [3.63, 3.8) is 0 Å². The van der Waals surface area contributed by atoms with Crippen LogP contribution in [-0.2, 0) is 9.59 Å². The highest BCUT2D eigenvalue weighted by Gasteiger charge is 2.26. The zero-order chi connectivity index (χ0) is 30.5. The number of carbonyl (C=O) groups excluding carboxylic acids is 2. The number of aromatic nitrogens is 2. The molecule has 2 amide bonds. The number of nitriles is 1. The average molecular weight is 571 g/mol. The van der Waals surface area contributed by atoms with Crippen LogP contribution >= 0.6 is 0 Å². The van der Waals surface area contributed by atoms with Crippen LogP contribution in [-0.4, -0.2) is 77.9 Å². The first-order valence-corrected chi connectivity index (χ1v) is 14.5. The highest BCUT2D eigenvalue weighted by atomic mass is 16.2. The van der Waals surface area contributed by atoms with E-state index in [1.807, 2.05) is 31.1 Å². The van der Waals surface area contributed by atoms with Crippen LogP contribution in [0.4, 0.5) is 17.5 Å². The molecule has 42 heavy (non-hydrogen) atoms. The maximum absolute atomic E-state index is 12.9. The molecule has 0 radical (unpaired) electrons. The van der Waals surface area contributed by atoms with Gasteiger partial charge in [0.05, 0.1) is 23.4 Å². The molecule has 3 atom stereocenters. The Hall–Kier alpha value is -4.41. The molecule has 0 aliphatic heterocycles. The molecule has 3 N–H and O–H groups in total. The van der Waals surface area contributed by atoms with Crippen LogP contribution in [0.15, 0.2) is 42.6 Å². The van der Waals surface area contributed by atoms with Crippen molar-refractivity contribution in [1.82, 2.24) is 25.1 Å². The quantitative estimate of drug-likeness (QED) is 0.274. The summed E-state index contributed by atoms with van der Waals surface area (Å²) >= 11 is 0. The number of likely N-dealkylation sites (N-methyl/N-ethyl adjacent to an activating group) is 2. The number of amides is 2. The van der Waals surface area contributed by atoms with Crippen LogP contribution in [0.5, 0.6) is 0 Å². The van der Waals surface area contributed by atoms with E-state index in [0.717, 1.165) is 49.9 Å². The molecular weight excluding hydrogens is 528 g/mol. The molecule has 222 valence electrons. The molecule has 1 aromatic heterocycles. The van der Waals surface area contributed by atoms with Crippen molar-refractivity contribution in [3.05, 3.63) is 53.7 Å². The van der Waals surface area contributed by atoms with Crippen LogP contribution < -0.4 is 16.0 Å². The van der Waals surface area contributed by atoms with E-state index >= 15 is 0 Å². The number of carbonyl (C=O) groups is 2. The number of rotatable bonds is 11. The van der Waals surface area contributed by atoms with Gasteiger partial charge in [-0.1, -0.05) is 31.3 Å². The molecule has 1 heterocycles. The molecule has 10 heteroatoms. The molecular formula is C32H42N8O2. The summed E-state index contributed by atoms with van der Waals surface area (Å²) in [6.45, 7) is 5.24. The largest absolute Gasteiger partial charge is 0.369 e. The topological polar surface area (TPSA) is 126 Å². The summed E-state index contributed by atoms with van der Waals surface area (Å²) in [5.74, 6) is 7.55. The Morgan fingerprint density at radius 1 is 1.19 bits per heavy atom. The lowest BCUT2D eigenvalue weighted by molar-refractivity contribution is -0.135. The molecule has 3 rings (SSSR count). The van der Waals surface area contributed by atoms with E-state index in [1.165, 1.54) is 11.0 Å². The van der Waals surface area contributed by atoms with E-state index in [1.54, 1.807) is 38.4 Å². The monoisotopic (exact) mass is 570 g/mol. The third-order valence-corrected chi connectivity index (χ3v) is 7.07. The van der Waals surface area contributed by atoms with Gasteiger partial charge in [-0.05, 0) is 71.0 Å². The Kier molecular flexibility index (Phi) is 12.3. The molecule has 0 saturated heterocycles. The molecule has 10 nitrogen and oxygen atoms in total. The van der Waals surface area contributed by atoms with E-state index in [9.17, 15) is 9.59 Å². The number of nitrogens with zero attached hydrogens (tertiary/aromatic N) is 5. The molecule has 0 unspecified atom stereocenters. The predicted octanol–water partition coefficient (Wildman–Crippen LogP) is 3.90. The fourth-order valence-electron chi connectivity index (χ4n) is 4.47. The standard InChI is InChI=1S/C32H42N8O2/c1-6-18-34-30-26(22-35-32(38-30)37-27-16-13-25(21-33)14-17-27)15-12-24-9-7-10-28(20-24)36-31(42)23(2)40(5)29(41)11-8-19-39(3)4/h8,11,13-14,16-17,22-24,28H,6-7,9-10,18-20H2,1-5H3,(H,36,42)(H2,34,35,37,38)/t23-,24+,28+/m0/s1. The smallest absolute Gasteiger partial charge is 0.246 e. The van der Waals surface area contributed by atoms with Crippen LogP contribution in [0.25, 0.3) is 0 Å². The van der Waals surface area contributed by atoms with Crippen LogP contribution in [0.1, 0.15) is 57.1 Å². The van der Waals surface area contributed by atoms with E-state index in [-0.39, 0.29) is 23.8 Å². The number of benzene rings is 1. The van der Waals surface area contributed by atoms with Crippen LogP contribution in [0.2, 0.25) is 0 Å². The first-order chi connectivity index (χ1) is 20.2. The highest BCUT2D eigenvalue weighted by molar-refractivity contribution is 5.92. The van der Waals surface area contributed by atoms with Crippen LogP contribution in [0, 0.1) is 29.1 Å². The van der Waals surface area contributed by atoms with Gasteiger partial charge < -0.3 is 25.8 Å².